The van der Waals surface area contributed by atoms with Gasteiger partial charge in [0.25, 0.3) is 0 Å². The zero-order valence-electron chi connectivity index (χ0n) is 11.3. The van der Waals surface area contributed by atoms with Crippen LogP contribution in [0.5, 0.6) is 5.75 Å². The van der Waals surface area contributed by atoms with E-state index in [-0.39, 0.29) is 30.4 Å². The van der Waals surface area contributed by atoms with Crippen LogP contribution in [0.25, 0.3) is 0 Å². The number of amides is 1. The fourth-order valence-electron chi connectivity index (χ4n) is 1.91. The zero-order valence-corrected chi connectivity index (χ0v) is 11.3. The van der Waals surface area contributed by atoms with Crippen molar-refractivity contribution in [3.05, 3.63) is 65.5 Å². The lowest BCUT2D eigenvalue weighted by Gasteiger charge is -2.12. The minimum absolute atomic E-state index is 0.0259. The number of phenols is 1. The minimum Gasteiger partial charge on any atom is -0.508 e. The Bertz CT molecular complexity index is 613. The van der Waals surface area contributed by atoms with Crippen molar-refractivity contribution in [2.75, 3.05) is 6.54 Å². The Morgan fingerprint density at radius 3 is 2.48 bits per heavy atom. The van der Waals surface area contributed by atoms with E-state index in [1.54, 1.807) is 18.2 Å². The Balaban J connectivity index is 1.86. The van der Waals surface area contributed by atoms with Crippen LogP contribution >= 0.6 is 0 Å². The third kappa shape index (κ3) is 4.29. The van der Waals surface area contributed by atoms with Crippen molar-refractivity contribution in [3.8, 4) is 5.75 Å². The van der Waals surface area contributed by atoms with Crippen molar-refractivity contribution >= 4 is 5.91 Å². The van der Waals surface area contributed by atoms with Gasteiger partial charge in [-0.1, -0.05) is 30.3 Å². The molecule has 0 heterocycles. The van der Waals surface area contributed by atoms with Crippen LogP contribution in [0.3, 0.4) is 0 Å². The number of benzene rings is 2. The Labute approximate surface area is 121 Å². The van der Waals surface area contributed by atoms with E-state index in [1.807, 2.05) is 0 Å². The number of aromatic hydroxyl groups is 1. The number of rotatable bonds is 5. The van der Waals surface area contributed by atoms with E-state index in [0.717, 1.165) is 0 Å². The number of nitrogens with one attached hydrogen (secondary N) is 1. The summed E-state index contributed by atoms with van der Waals surface area (Å²) in [6.07, 6.45) is -0.873. The van der Waals surface area contributed by atoms with Gasteiger partial charge in [0, 0.05) is 12.1 Å². The van der Waals surface area contributed by atoms with Crippen LogP contribution in [0, 0.1) is 5.82 Å². The molecule has 0 aliphatic heterocycles. The summed E-state index contributed by atoms with van der Waals surface area (Å²) in [5.41, 5.74) is 1.05. The van der Waals surface area contributed by atoms with Crippen molar-refractivity contribution in [2.45, 2.75) is 12.5 Å². The van der Waals surface area contributed by atoms with Gasteiger partial charge < -0.3 is 15.5 Å². The molecule has 0 spiro atoms. The van der Waals surface area contributed by atoms with E-state index >= 15 is 0 Å². The predicted octanol–water partition coefficient (Wildman–Crippen LogP) is 1.92. The molecule has 1 unspecified atom stereocenters. The molecule has 110 valence electrons. The second-order valence-corrected chi connectivity index (χ2v) is 4.68. The van der Waals surface area contributed by atoms with Gasteiger partial charge in [0.05, 0.1) is 12.5 Å². The first kappa shape index (κ1) is 15.0. The number of halogens is 1. The van der Waals surface area contributed by atoms with Gasteiger partial charge in [0.2, 0.25) is 5.91 Å². The van der Waals surface area contributed by atoms with Gasteiger partial charge in [-0.25, -0.2) is 4.39 Å². The van der Waals surface area contributed by atoms with Crippen LogP contribution in [0.15, 0.2) is 48.5 Å². The minimum atomic E-state index is -0.904. The van der Waals surface area contributed by atoms with Crippen LogP contribution in [0.2, 0.25) is 0 Å². The summed E-state index contributed by atoms with van der Waals surface area (Å²) in [6, 6.07) is 12.0. The normalized spacial score (nSPS) is 11.9. The Morgan fingerprint density at radius 2 is 1.81 bits per heavy atom. The lowest BCUT2D eigenvalue weighted by molar-refractivity contribution is -0.120. The molecule has 0 bridgehead atoms. The molecular weight excluding hydrogens is 273 g/mol. The van der Waals surface area contributed by atoms with Crippen molar-refractivity contribution < 1.29 is 19.4 Å². The maximum Gasteiger partial charge on any atom is 0.224 e. The molecule has 0 radical (unpaired) electrons. The number of para-hydroxylation sites is 1. The molecular formula is C16H16FNO3. The molecule has 0 saturated heterocycles. The number of hydrogen-bond donors (Lipinski definition) is 3. The first-order valence-corrected chi connectivity index (χ1v) is 6.53. The van der Waals surface area contributed by atoms with Gasteiger partial charge in [-0.05, 0) is 23.8 Å². The number of hydrogen-bond acceptors (Lipinski definition) is 3. The summed E-state index contributed by atoms with van der Waals surface area (Å²) in [6.45, 7) is 0.0259. The second-order valence-electron chi connectivity index (χ2n) is 4.68. The third-order valence-corrected chi connectivity index (χ3v) is 3.09. The molecule has 21 heavy (non-hydrogen) atoms. The van der Waals surface area contributed by atoms with Gasteiger partial charge in [-0.15, -0.1) is 0 Å². The molecule has 0 fully saturated rings. The Morgan fingerprint density at radius 1 is 1.14 bits per heavy atom. The standard InChI is InChI=1S/C16H16FNO3/c17-13-7-5-11(6-8-13)15(20)10-18-16(21)9-12-3-1-2-4-14(12)19/h1-8,15,19-20H,9-10H2,(H,18,21). The fraction of sp³-hybridized carbons (Fsp3) is 0.188. The molecule has 1 atom stereocenters. The molecule has 1 amide bonds. The molecule has 0 saturated carbocycles. The molecule has 0 aromatic heterocycles. The van der Waals surface area contributed by atoms with Gasteiger partial charge in [-0.2, -0.15) is 0 Å². The number of aliphatic hydroxyl groups is 1. The molecule has 5 heteroatoms. The summed E-state index contributed by atoms with van der Waals surface area (Å²) in [7, 11) is 0. The topological polar surface area (TPSA) is 69.6 Å². The van der Waals surface area contributed by atoms with E-state index in [9.17, 15) is 19.4 Å². The SMILES string of the molecule is O=C(Cc1ccccc1O)NCC(O)c1ccc(F)cc1. The van der Waals surface area contributed by atoms with Gasteiger partial charge >= 0.3 is 0 Å². The largest absolute Gasteiger partial charge is 0.508 e. The fourth-order valence-corrected chi connectivity index (χ4v) is 1.91. The molecule has 4 nitrogen and oxygen atoms in total. The van der Waals surface area contributed by atoms with Crippen LogP contribution in [-0.4, -0.2) is 22.7 Å². The smallest absolute Gasteiger partial charge is 0.224 e. The Kier molecular flexibility index (Phi) is 4.90. The number of carbonyl (C=O) groups is 1. The monoisotopic (exact) mass is 289 g/mol. The average Bonchev–Trinajstić information content (AvgIpc) is 2.48. The maximum absolute atomic E-state index is 12.8. The van der Waals surface area contributed by atoms with Gasteiger partial charge in [0.15, 0.2) is 0 Å². The number of phenolic OH excluding ortho intramolecular Hbond substituents is 1. The van der Waals surface area contributed by atoms with Crippen molar-refractivity contribution in [1.29, 1.82) is 0 Å². The van der Waals surface area contributed by atoms with E-state index in [4.69, 9.17) is 0 Å². The van der Waals surface area contributed by atoms with E-state index in [0.29, 0.717) is 11.1 Å². The first-order chi connectivity index (χ1) is 10.1. The maximum atomic E-state index is 12.8. The summed E-state index contributed by atoms with van der Waals surface area (Å²) >= 11 is 0. The van der Waals surface area contributed by atoms with Gasteiger partial charge in [0.1, 0.15) is 11.6 Å². The molecule has 2 aromatic rings. The van der Waals surface area contributed by atoms with Crippen LogP contribution in [0.1, 0.15) is 17.2 Å². The highest BCUT2D eigenvalue weighted by Gasteiger charge is 2.11. The highest BCUT2D eigenvalue weighted by atomic mass is 19.1. The van der Waals surface area contributed by atoms with E-state index in [1.165, 1.54) is 30.3 Å². The molecule has 3 N–H and O–H groups in total. The Hall–Kier alpha value is -2.40. The van der Waals surface area contributed by atoms with E-state index in [2.05, 4.69) is 5.32 Å². The first-order valence-electron chi connectivity index (χ1n) is 6.53. The summed E-state index contributed by atoms with van der Waals surface area (Å²) in [5, 5.41) is 22.0. The lowest BCUT2D eigenvalue weighted by atomic mass is 10.1. The summed E-state index contributed by atoms with van der Waals surface area (Å²) < 4.78 is 12.8. The highest BCUT2D eigenvalue weighted by molar-refractivity contribution is 5.79. The lowest BCUT2D eigenvalue weighted by Crippen LogP contribution is -2.29. The van der Waals surface area contributed by atoms with Crippen LogP contribution in [0.4, 0.5) is 4.39 Å². The molecule has 2 aromatic carbocycles. The van der Waals surface area contributed by atoms with Crippen molar-refractivity contribution in [3.63, 3.8) is 0 Å². The summed E-state index contributed by atoms with van der Waals surface area (Å²) in [4.78, 5) is 11.8. The number of aliphatic hydroxyl groups excluding tert-OH is 1. The number of carbonyl (C=O) groups excluding carboxylic acids is 1. The van der Waals surface area contributed by atoms with Crippen LogP contribution < -0.4 is 5.32 Å². The molecule has 2 rings (SSSR count). The van der Waals surface area contributed by atoms with E-state index < -0.39 is 6.10 Å². The predicted molar refractivity (Wildman–Crippen MR) is 76.2 cm³/mol. The average molecular weight is 289 g/mol. The highest BCUT2D eigenvalue weighted by Crippen LogP contribution is 2.16. The van der Waals surface area contributed by atoms with Gasteiger partial charge in [-0.3, -0.25) is 4.79 Å². The van der Waals surface area contributed by atoms with Crippen molar-refractivity contribution in [2.24, 2.45) is 0 Å². The third-order valence-electron chi connectivity index (χ3n) is 3.09. The quantitative estimate of drug-likeness (QED) is 0.787. The summed E-state index contributed by atoms with van der Waals surface area (Å²) in [5.74, 6) is -0.626. The van der Waals surface area contributed by atoms with Crippen molar-refractivity contribution in [1.82, 2.24) is 5.32 Å². The van der Waals surface area contributed by atoms with Crippen LogP contribution in [-0.2, 0) is 11.2 Å². The second kappa shape index (κ2) is 6.85. The zero-order chi connectivity index (χ0) is 15.2. The molecule has 0 aliphatic carbocycles. The molecule has 0 aliphatic rings.